The van der Waals surface area contributed by atoms with Crippen molar-refractivity contribution in [3.05, 3.63) is 71.0 Å². The minimum Gasteiger partial charge on any atom is -0.387 e. The number of β-amino-alcohol motifs (C(OH)–C–C–N with tert-alkyl or cyclic N) is 1. The highest BCUT2D eigenvalue weighted by Crippen LogP contribution is 2.25. The Morgan fingerprint density at radius 3 is 2.00 bits per heavy atom. The quantitative estimate of drug-likeness (QED) is 0.879. The number of hydrogen-bond donors (Lipinski definition) is 1. The first-order chi connectivity index (χ1) is 10.1. The molecule has 4 nitrogen and oxygen atoms in total. The van der Waals surface area contributed by atoms with Gasteiger partial charge >= 0.3 is 0 Å². The third kappa shape index (κ3) is 2.32. The lowest BCUT2D eigenvalue weighted by molar-refractivity contribution is 0.0543. The van der Waals surface area contributed by atoms with Gasteiger partial charge in [-0.1, -0.05) is 24.3 Å². The smallest absolute Gasteiger partial charge is 0.261 e. The molecule has 0 saturated heterocycles. The SMILES string of the molecule is O=C1c2ccccc2C(=O)N1CC(O)c1ccc(F)cc1. The van der Waals surface area contributed by atoms with Crippen molar-refractivity contribution in [3.63, 3.8) is 0 Å². The molecule has 0 radical (unpaired) electrons. The lowest BCUT2D eigenvalue weighted by Crippen LogP contribution is -2.33. The number of imide groups is 1. The van der Waals surface area contributed by atoms with Gasteiger partial charge in [-0.2, -0.15) is 0 Å². The number of amides is 2. The van der Waals surface area contributed by atoms with E-state index in [2.05, 4.69) is 0 Å². The molecule has 2 aromatic carbocycles. The molecule has 1 unspecified atom stereocenters. The number of hydrogen-bond acceptors (Lipinski definition) is 3. The summed E-state index contributed by atoms with van der Waals surface area (Å²) in [5, 5.41) is 10.1. The predicted octanol–water partition coefficient (Wildman–Crippen LogP) is 2.16. The summed E-state index contributed by atoms with van der Waals surface area (Å²) in [5.74, 6) is -1.25. The van der Waals surface area contributed by atoms with Crippen molar-refractivity contribution in [2.24, 2.45) is 0 Å². The third-order valence-electron chi connectivity index (χ3n) is 3.49. The van der Waals surface area contributed by atoms with Gasteiger partial charge < -0.3 is 5.11 Å². The van der Waals surface area contributed by atoms with Crippen LogP contribution in [0.25, 0.3) is 0 Å². The van der Waals surface area contributed by atoms with E-state index in [0.29, 0.717) is 16.7 Å². The normalized spacial score (nSPS) is 15.2. The number of halogens is 1. The van der Waals surface area contributed by atoms with Crippen molar-refractivity contribution < 1.29 is 19.1 Å². The summed E-state index contributed by atoms with van der Waals surface area (Å²) in [6.45, 7) is -0.155. The molecule has 1 N–H and O–H groups in total. The zero-order valence-electron chi connectivity index (χ0n) is 11.0. The Kier molecular flexibility index (Phi) is 3.27. The third-order valence-corrected chi connectivity index (χ3v) is 3.49. The molecule has 0 spiro atoms. The molecule has 0 aromatic heterocycles. The fraction of sp³-hybridized carbons (Fsp3) is 0.125. The first-order valence-electron chi connectivity index (χ1n) is 6.46. The maximum atomic E-state index is 12.9. The van der Waals surface area contributed by atoms with Gasteiger partial charge in [0.1, 0.15) is 5.82 Å². The molecule has 0 saturated carbocycles. The van der Waals surface area contributed by atoms with Gasteiger partial charge in [0.25, 0.3) is 11.8 Å². The van der Waals surface area contributed by atoms with Gasteiger partial charge in [0.2, 0.25) is 0 Å². The van der Waals surface area contributed by atoms with E-state index in [4.69, 9.17) is 0 Å². The molecular formula is C16H12FNO3. The van der Waals surface area contributed by atoms with Crippen LogP contribution < -0.4 is 0 Å². The van der Waals surface area contributed by atoms with E-state index in [1.807, 2.05) is 0 Å². The molecule has 0 bridgehead atoms. The Bertz CT molecular complexity index is 677. The molecule has 106 valence electrons. The largest absolute Gasteiger partial charge is 0.387 e. The second kappa shape index (κ2) is 5.10. The van der Waals surface area contributed by atoms with Gasteiger partial charge in [-0.3, -0.25) is 14.5 Å². The molecule has 1 heterocycles. The average Bonchev–Trinajstić information content (AvgIpc) is 2.73. The second-order valence-corrected chi connectivity index (χ2v) is 4.83. The van der Waals surface area contributed by atoms with Crippen LogP contribution in [-0.4, -0.2) is 28.4 Å². The highest BCUT2D eigenvalue weighted by Gasteiger charge is 2.36. The van der Waals surface area contributed by atoms with Crippen LogP contribution in [-0.2, 0) is 0 Å². The summed E-state index contributed by atoms with van der Waals surface area (Å²) in [7, 11) is 0. The van der Waals surface area contributed by atoms with E-state index in [1.165, 1.54) is 24.3 Å². The molecule has 3 rings (SSSR count). The van der Waals surface area contributed by atoms with E-state index < -0.39 is 23.7 Å². The van der Waals surface area contributed by atoms with E-state index in [1.54, 1.807) is 24.3 Å². The van der Waals surface area contributed by atoms with Crippen LogP contribution in [0.2, 0.25) is 0 Å². The molecule has 2 aromatic rings. The Morgan fingerprint density at radius 1 is 0.952 bits per heavy atom. The second-order valence-electron chi connectivity index (χ2n) is 4.83. The first kappa shape index (κ1) is 13.5. The Labute approximate surface area is 120 Å². The molecule has 1 aliphatic rings. The first-order valence-corrected chi connectivity index (χ1v) is 6.46. The van der Waals surface area contributed by atoms with Crippen molar-refractivity contribution in [3.8, 4) is 0 Å². The predicted molar refractivity (Wildman–Crippen MR) is 73.2 cm³/mol. The molecule has 1 aliphatic heterocycles. The van der Waals surface area contributed by atoms with Crippen molar-refractivity contribution in [1.82, 2.24) is 4.90 Å². The van der Waals surface area contributed by atoms with E-state index in [-0.39, 0.29) is 6.54 Å². The van der Waals surface area contributed by atoms with Crippen LogP contribution in [0.3, 0.4) is 0 Å². The average molecular weight is 285 g/mol. The summed E-state index contributed by atoms with van der Waals surface area (Å²) in [6, 6.07) is 11.8. The highest BCUT2D eigenvalue weighted by molar-refractivity contribution is 6.21. The minimum atomic E-state index is -1.05. The Balaban J connectivity index is 1.82. The molecule has 21 heavy (non-hydrogen) atoms. The topological polar surface area (TPSA) is 57.6 Å². The van der Waals surface area contributed by atoms with Crippen LogP contribution in [0.4, 0.5) is 4.39 Å². The zero-order chi connectivity index (χ0) is 15.0. The van der Waals surface area contributed by atoms with Crippen LogP contribution in [0.5, 0.6) is 0 Å². The summed E-state index contributed by atoms with van der Waals surface area (Å²) in [5.41, 5.74) is 1.13. The number of aliphatic hydroxyl groups excluding tert-OH is 1. The maximum absolute atomic E-state index is 12.9. The Morgan fingerprint density at radius 2 is 1.48 bits per heavy atom. The molecule has 1 atom stereocenters. The van der Waals surface area contributed by atoms with Crippen molar-refractivity contribution >= 4 is 11.8 Å². The fourth-order valence-corrected chi connectivity index (χ4v) is 2.37. The standard InChI is InChI=1S/C16H12FNO3/c17-11-7-5-10(6-8-11)14(19)9-18-15(20)12-3-1-2-4-13(12)16(18)21/h1-8,14,19H,9H2. The summed E-state index contributed by atoms with van der Waals surface area (Å²) in [6.07, 6.45) is -1.05. The van der Waals surface area contributed by atoms with Gasteiger partial charge in [-0.05, 0) is 29.8 Å². The Hall–Kier alpha value is -2.53. The van der Waals surface area contributed by atoms with E-state index in [9.17, 15) is 19.1 Å². The van der Waals surface area contributed by atoms with Crippen LogP contribution in [0, 0.1) is 5.82 Å². The van der Waals surface area contributed by atoms with Gasteiger partial charge in [0, 0.05) is 0 Å². The molecule has 0 aliphatic carbocycles. The maximum Gasteiger partial charge on any atom is 0.261 e. The lowest BCUT2D eigenvalue weighted by atomic mass is 10.1. The van der Waals surface area contributed by atoms with Gasteiger partial charge in [0.15, 0.2) is 0 Å². The number of carbonyl (C=O) groups excluding carboxylic acids is 2. The minimum absolute atomic E-state index is 0.155. The molecule has 0 fully saturated rings. The number of nitrogens with zero attached hydrogens (tertiary/aromatic N) is 1. The summed E-state index contributed by atoms with van der Waals surface area (Å²) < 4.78 is 12.9. The zero-order valence-corrected chi connectivity index (χ0v) is 11.0. The number of benzene rings is 2. The number of rotatable bonds is 3. The van der Waals surface area contributed by atoms with E-state index >= 15 is 0 Å². The molecule has 2 amide bonds. The number of fused-ring (bicyclic) bond motifs is 1. The van der Waals surface area contributed by atoms with Crippen molar-refractivity contribution in [2.75, 3.05) is 6.54 Å². The fourth-order valence-electron chi connectivity index (χ4n) is 2.37. The number of aliphatic hydroxyl groups is 1. The summed E-state index contributed by atoms with van der Waals surface area (Å²) >= 11 is 0. The van der Waals surface area contributed by atoms with Gasteiger partial charge in [-0.15, -0.1) is 0 Å². The highest BCUT2D eigenvalue weighted by atomic mass is 19.1. The molecule has 5 heteroatoms. The number of carbonyl (C=O) groups is 2. The molecular weight excluding hydrogens is 273 g/mol. The van der Waals surface area contributed by atoms with Crippen LogP contribution in [0.1, 0.15) is 32.4 Å². The van der Waals surface area contributed by atoms with Gasteiger partial charge in [0.05, 0.1) is 23.8 Å². The van der Waals surface area contributed by atoms with Crippen molar-refractivity contribution in [1.29, 1.82) is 0 Å². The van der Waals surface area contributed by atoms with Gasteiger partial charge in [-0.25, -0.2) is 4.39 Å². The summed E-state index contributed by atoms with van der Waals surface area (Å²) in [4.78, 5) is 25.3. The lowest BCUT2D eigenvalue weighted by Gasteiger charge is -2.18. The van der Waals surface area contributed by atoms with Crippen molar-refractivity contribution in [2.45, 2.75) is 6.10 Å². The van der Waals surface area contributed by atoms with E-state index in [0.717, 1.165) is 4.90 Å². The van der Waals surface area contributed by atoms with Crippen LogP contribution >= 0.6 is 0 Å². The monoisotopic (exact) mass is 285 g/mol. The van der Waals surface area contributed by atoms with Crippen LogP contribution in [0.15, 0.2) is 48.5 Å².